The van der Waals surface area contributed by atoms with Crippen LogP contribution in [0.2, 0.25) is 10.0 Å². The molecule has 9 nitrogen and oxygen atoms in total. The summed E-state index contributed by atoms with van der Waals surface area (Å²) in [7, 11) is 0. The molecule has 1 saturated heterocycles. The molecule has 5 aromatic rings. The molecule has 1 aliphatic heterocycles. The first kappa shape index (κ1) is 27.0. The number of likely N-dealkylation sites (N-methyl/N-ethyl adjacent to an activating group) is 1. The van der Waals surface area contributed by atoms with E-state index in [1.54, 1.807) is 6.20 Å². The smallest absolute Gasteiger partial charge is 0.233 e. The van der Waals surface area contributed by atoms with Crippen molar-refractivity contribution in [1.82, 2.24) is 24.8 Å². The number of halogens is 2. The molecular formula is C30H29Cl2N9. The fourth-order valence-corrected chi connectivity index (χ4v) is 4.99. The third-order valence-corrected chi connectivity index (χ3v) is 7.44. The molecule has 1 aliphatic rings. The maximum absolute atomic E-state index is 6.14. The van der Waals surface area contributed by atoms with Crippen LogP contribution in [0.3, 0.4) is 0 Å². The van der Waals surface area contributed by atoms with E-state index in [2.05, 4.69) is 42.6 Å². The Labute approximate surface area is 248 Å². The fourth-order valence-electron chi connectivity index (χ4n) is 4.70. The molecule has 3 heterocycles. The highest BCUT2D eigenvalue weighted by molar-refractivity contribution is 6.31. The van der Waals surface area contributed by atoms with E-state index in [0.717, 1.165) is 66.4 Å². The summed E-state index contributed by atoms with van der Waals surface area (Å²) in [6.45, 7) is 6.88. The minimum atomic E-state index is 0.459. The number of fused-ring (bicyclic) bond motifs is 1. The third kappa shape index (κ3) is 6.59. The molecule has 0 atom stereocenters. The number of hydrogen-bond donors (Lipinski definition) is 3. The van der Waals surface area contributed by atoms with Crippen LogP contribution in [-0.4, -0.2) is 57.6 Å². The molecule has 208 valence electrons. The molecule has 3 aromatic carbocycles. The first-order chi connectivity index (χ1) is 20.0. The fraction of sp³-hybridized carbons (Fsp3) is 0.200. The molecular weight excluding hydrogens is 557 g/mol. The van der Waals surface area contributed by atoms with Gasteiger partial charge in [0, 0.05) is 70.6 Å². The van der Waals surface area contributed by atoms with Crippen LogP contribution in [0.4, 0.5) is 40.6 Å². The van der Waals surface area contributed by atoms with E-state index in [1.807, 2.05) is 72.8 Å². The number of benzene rings is 3. The summed E-state index contributed by atoms with van der Waals surface area (Å²) >= 11 is 12.2. The SMILES string of the molecule is CCN1CCN(c2nc(Nc3ccc(Cl)cc3)nc(Nc3ccc(Nc4ccnc5cc(Cl)ccc45)cc3)n2)CC1. The van der Waals surface area contributed by atoms with Crippen molar-refractivity contribution in [3.05, 3.63) is 89.0 Å². The van der Waals surface area contributed by atoms with Crippen LogP contribution in [0.25, 0.3) is 10.9 Å². The normalized spacial score (nSPS) is 13.8. The van der Waals surface area contributed by atoms with Gasteiger partial charge in [-0.25, -0.2) is 0 Å². The predicted molar refractivity (Wildman–Crippen MR) is 169 cm³/mol. The second-order valence-electron chi connectivity index (χ2n) is 9.68. The van der Waals surface area contributed by atoms with Crippen LogP contribution in [-0.2, 0) is 0 Å². The van der Waals surface area contributed by atoms with Crippen molar-refractivity contribution < 1.29 is 0 Å². The summed E-state index contributed by atoms with van der Waals surface area (Å²) in [6, 6.07) is 23.1. The van der Waals surface area contributed by atoms with E-state index in [0.29, 0.717) is 27.9 Å². The minimum absolute atomic E-state index is 0.459. The number of pyridine rings is 1. The van der Waals surface area contributed by atoms with Gasteiger partial charge in [0.05, 0.1) is 5.52 Å². The average Bonchev–Trinajstić information content (AvgIpc) is 2.99. The van der Waals surface area contributed by atoms with E-state index < -0.39 is 0 Å². The summed E-state index contributed by atoms with van der Waals surface area (Å²) in [4.78, 5) is 23.2. The summed E-state index contributed by atoms with van der Waals surface area (Å²) in [5, 5.41) is 12.4. The standard InChI is InChI=1S/C30H29Cl2N9/c1-2-40-15-17-41(18-16-40)30-38-28(35-23-6-3-20(31)4-7-23)37-29(39-30)36-24-10-8-22(9-11-24)34-26-13-14-33-27-19-21(32)5-12-25(26)27/h3-14,19H,2,15-18H2,1H3,(H,33,34)(H2,35,36,37,38,39). The highest BCUT2D eigenvalue weighted by atomic mass is 35.5. The molecule has 2 aromatic heterocycles. The monoisotopic (exact) mass is 585 g/mol. The van der Waals surface area contributed by atoms with Crippen molar-refractivity contribution in [2.45, 2.75) is 6.92 Å². The topological polar surface area (TPSA) is 94.1 Å². The van der Waals surface area contributed by atoms with E-state index in [-0.39, 0.29) is 0 Å². The second-order valence-corrected chi connectivity index (χ2v) is 10.6. The second kappa shape index (κ2) is 12.1. The Hall–Kier alpha value is -4.18. The number of rotatable bonds is 8. The summed E-state index contributed by atoms with van der Waals surface area (Å²) in [5.41, 5.74) is 4.43. The minimum Gasteiger partial charge on any atom is -0.355 e. The van der Waals surface area contributed by atoms with Gasteiger partial charge in [0.2, 0.25) is 17.8 Å². The zero-order valence-electron chi connectivity index (χ0n) is 22.5. The number of piperazine rings is 1. The zero-order valence-corrected chi connectivity index (χ0v) is 24.0. The molecule has 0 unspecified atom stereocenters. The van der Waals surface area contributed by atoms with Gasteiger partial charge in [-0.15, -0.1) is 0 Å². The first-order valence-corrected chi connectivity index (χ1v) is 14.2. The van der Waals surface area contributed by atoms with E-state index >= 15 is 0 Å². The van der Waals surface area contributed by atoms with Crippen molar-refractivity contribution >= 4 is 74.7 Å². The summed E-state index contributed by atoms with van der Waals surface area (Å²) in [5.74, 6) is 1.56. The van der Waals surface area contributed by atoms with E-state index in [1.165, 1.54) is 0 Å². The summed E-state index contributed by atoms with van der Waals surface area (Å²) < 4.78 is 0. The Kier molecular flexibility index (Phi) is 8.00. The Bertz CT molecular complexity index is 1640. The van der Waals surface area contributed by atoms with Crippen molar-refractivity contribution in [3.8, 4) is 0 Å². The van der Waals surface area contributed by atoms with Crippen molar-refractivity contribution in [2.24, 2.45) is 0 Å². The van der Waals surface area contributed by atoms with Gasteiger partial charge in [0.15, 0.2) is 0 Å². The van der Waals surface area contributed by atoms with Crippen molar-refractivity contribution in [3.63, 3.8) is 0 Å². The third-order valence-electron chi connectivity index (χ3n) is 6.95. The molecule has 41 heavy (non-hydrogen) atoms. The number of nitrogens with one attached hydrogen (secondary N) is 3. The first-order valence-electron chi connectivity index (χ1n) is 13.5. The van der Waals surface area contributed by atoms with Crippen LogP contribution in [0.1, 0.15) is 6.92 Å². The summed E-state index contributed by atoms with van der Waals surface area (Å²) in [6.07, 6.45) is 1.77. The van der Waals surface area contributed by atoms with E-state index in [4.69, 9.17) is 33.2 Å². The van der Waals surface area contributed by atoms with Gasteiger partial charge in [-0.1, -0.05) is 30.1 Å². The lowest BCUT2D eigenvalue weighted by atomic mass is 10.2. The van der Waals surface area contributed by atoms with Gasteiger partial charge in [-0.2, -0.15) is 15.0 Å². The van der Waals surface area contributed by atoms with Gasteiger partial charge in [0.25, 0.3) is 0 Å². The van der Waals surface area contributed by atoms with Crippen molar-refractivity contribution in [1.29, 1.82) is 0 Å². The number of anilines is 7. The van der Waals surface area contributed by atoms with Gasteiger partial charge in [-0.05, 0) is 79.3 Å². The molecule has 0 saturated carbocycles. The molecule has 3 N–H and O–H groups in total. The highest BCUT2D eigenvalue weighted by Crippen LogP contribution is 2.28. The highest BCUT2D eigenvalue weighted by Gasteiger charge is 2.20. The van der Waals surface area contributed by atoms with Crippen LogP contribution < -0.4 is 20.9 Å². The van der Waals surface area contributed by atoms with Gasteiger partial charge in [0.1, 0.15) is 0 Å². The molecule has 6 rings (SSSR count). The Balaban J connectivity index is 1.22. The molecule has 0 spiro atoms. The Morgan fingerprint density at radius 1 is 0.683 bits per heavy atom. The molecule has 1 fully saturated rings. The number of aromatic nitrogens is 4. The van der Waals surface area contributed by atoms with Crippen LogP contribution in [0.5, 0.6) is 0 Å². The van der Waals surface area contributed by atoms with Crippen molar-refractivity contribution in [2.75, 3.05) is 53.6 Å². The lowest BCUT2D eigenvalue weighted by Gasteiger charge is -2.34. The lowest BCUT2D eigenvalue weighted by molar-refractivity contribution is 0.270. The Morgan fingerprint density at radius 2 is 1.27 bits per heavy atom. The number of hydrogen-bond acceptors (Lipinski definition) is 9. The molecule has 11 heteroatoms. The van der Waals surface area contributed by atoms with Gasteiger partial charge >= 0.3 is 0 Å². The largest absolute Gasteiger partial charge is 0.355 e. The van der Waals surface area contributed by atoms with E-state index in [9.17, 15) is 0 Å². The predicted octanol–water partition coefficient (Wildman–Crippen LogP) is 7.10. The Morgan fingerprint density at radius 3 is 1.90 bits per heavy atom. The molecule has 0 radical (unpaired) electrons. The lowest BCUT2D eigenvalue weighted by Crippen LogP contribution is -2.46. The maximum Gasteiger partial charge on any atom is 0.233 e. The van der Waals surface area contributed by atoms with Crippen LogP contribution in [0, 0.1) is 0 Å². The van der Waals surface area contributed by atoms with Gasteiger partial charge in [-0.3, -0.25) is 4.98 Å². The zero-order chi connectivity index (χ0) is 28.2. The quantitative estimate of drug-likeness (QED) is 0.176. The van der Waals surface area contributed by atoms with Crippen LogP contribution in [0.15, 0.2) is 79.0 Å². The van der Waals surface area contributed by atoms with Crippen LogP contribution >= 0.6 is 23.2 Å². The molecule has 0 amide bonds. The maximum atomic E-state index is 6.14. The molecule has 0 aliphatic carbocycles. The average molecular weight is 587 g/mol. The molecule has 0 bridgehead atoms. The van der Waals surface area contributed by atoms with Gasteiger partial charge < -0.3 is 25.8 Å². The number of nitrogens with zero attached hydrogens (tertiary/aromatic N) is 6.